The van der Waals surface area contributed by atoms with Gasteiger partial charge in [0.1, 0.15) is 6.67 Å². The highest BCUT2D eigenvalue weighted by Crippen LogP contribution is 2.35. The second kappa shape index (κ2) is 11.6. The third-order valence-electron chi connectivity index (χ3n) is 6.03. The van der Waals surface area contributed by atoms with E-state index in [0.29, 0.717) is 6.67 Å². The molecule has 0 aliphatic heterocycles. The monoisotopic (exact) mass is 480 g/mol. The minimum atomic E-state index is 0.413. The van der Waals surface area contributed by atoms with E-state index in [1.165, 1.54) is 0 Å². The average molecular weight is 481 g/mol. The number of benzene rings is 5. The number of nitrogens with one attached hydrogen (secondary N) is 1. The predicted octanol–water partition coefficient (Wildman–Crippen LogP) is 8.40. The van der Waals surface area contributed by atoms with Crippen LogP contribution in [0.25, 0.3) is 0 Å². The lowest BCUT2D eigenvalue weighted by atomic mass is 10.0. The van der Waals surface area contributed by atoms with Gasteiger partial charge >= 0.3 is 0 Å². The maximum absolute atomic E-state index is 4.96. The Morgan fingerprint density at radius 1 is 0.622 bits per heavy atom. The largest absolute Gasteiger partial charge is 0.366 e. The van der Waals surface area contributed by atoms with Crippen LogP contribution < -0.4 is 10.2 Å². The Balaban J connectivity index is 1.45. The molecule has 1 N–H and O–H groups in total. The van der Waals surface area contributed by atoms with Gasteiger partial charge in [-0.15, -0.1) is 0 Å². The molecule has 0 aliphatic rings. The van der Waals surface area contributed by atoms with Crippen LogP contribution >= 0.6 is 0 Å². The molecular formula is C33H28N4. The van der Waals surface area contributed by atoms with Gasteiger partial charge in [-0.25, -0.2) is 0 Å². The highest BCUT2D eigenvalue weighted by atomic mass is 15.1. The van der Waals surface area contributed by atoms with Crippen LogP contribution in [0.5, 0.6) is 0 Å². The Kier molecular flexibility index (Phi) is 7.48. The first-order chi connectivity index (χ1) is 18.3. The molecule has 0 spiro atoms. The molecule has 0 unspecified atom stereocenters. The molecule has 0 aromatic heterocycles. The number of rotatable bonds is 9. The molecule has 0 atom stereocenters. The zero-order valence-electron chi connectivity index (χ0n) is 20.5. The predicted molar refractivity (Wildman–Crippen MR) is 157 cm³/mol. The van der Waals surface area contributed by atoms with E-state index < -0.39 is 0 Å². The molecule has 0 aliphatic carbocycles. The van der Waals surface area contributed by atoms with Gasteiger partial charge in [-0.05, 0) is 55.2 Å². The molecule has 180 valence electrons. The summed E-state index contributed by atoms with van der Waals surface area (Å²) in [6.07, 6.45) is 0. The van der Waals surface area contributed by atoms with Crippen molar-refractivity contribution in [1.29, 1.82) is 0 Å². The number of hydrogen-bond acceptors (Lipinski definition) is 4. The summed E-state index contributed by atoms with van der Waals surface area (Å²) < 4.78 is 0. The van der Waals surface area contributed by atoms with Gasteiger partial charge in [-0.1, -0.05) is 91.0 Å². The summed E-state index contributed by atoms with van der Waals surface area (Å²) in [5.74, 6) is 0. The van der Waals surface area contributed by atoms with Crippen molar-refractivity contribution in [3.05, 3.63) is 151 Å². The minimum absolute atomic E-state index is 0.413. The third kappa shape index (κ3) is 5.65. The van der Waals surface area contributed by atoms with Crippen LogP contribution in [0.15, 0.2) is 150 Å². The van der Waals surface area contributed by atoms with Crippen molar-refractivity contribution in [2.45, 2.75) is 0 Å². The van der Waals surface area contributed by atoms with E-state index in [-0.39, 0.29) is 0 Å². The molecular weight excluding hydrogens is 452 g/mol. The van der Waals surface area contributed by atoms with Crippen molar-refractivity contribution in [3.8, 4) is 0 Å². The lowest BCUT2D eigenvalue weighted by Crippen LogP contribution is -2.11. The number of nitrogens with zero attached hydrogens (tertiary/aromatic N) is 3. The first kappa shape index (κ1) is 23.8. The first-order valence-electron chi connectivity index (χ1n) is 12.2. The summed E-state index contributed by atoms with van der Waals surface area (Å²) in [5.41, 5.74) is 7.94. The minimum Gasteiger partial charge on any atom is -0.366 e. The molecule has 0 amide bonds. The van der Waals surface area contributed by atoms with Crippen LogP contribution in [0.3, 0.4) is 0 Å². The summed E-state index contributed by atoms with van der Waals surface area (Å²) in [4.78, 5) is 11.4. The van der Waals surface area contributed by atoms with Crippen molar-refractivity contribution in [2.75, 3.05) is 16.9 Å². The van der Waals surface area contributed by atoms with E-state index >= 15 is 0 Å². The van der Waals surface area contributed by atoms with Crippen LogP contribution in [0.4, 0.5) is 28.4 Å². The van der Waals surface area contributed by atoms with Gasteiger partial charge in [-0.3, -0.25) is 9.98 Å². The Labute approximate surface area is 218 Å². The maximum Gasteiger partial charge on any atom is 0.108 e. The number of anilines is 4. The molecule has 0 heterocycles. The molecule has 4 heteroatoms. The fraction of sp³-hybridized carbons (Fsp3) is 0.0303. The number of hydrogen-bond donors (Lipinski definition) is 1. The Bertz CT molecular complexity index is 1440. The topological polar surface area (TPSA) is 40.0 Å². The Morgan fingerprint density at radius 3 is 1.84 bits per heavy atom. The van der Waals surface area contributed by atoms with Gasteiger partial charge in [0.05, 0.1) is 11.4 Å². The van der Waals surface area contributed by atoms with Crippen LogP contribution in [0, 0.1) is 0 Å². The molecule has 37 heavy (non-hydrogen) atoms. The summed E-state index contributed by atoms with van der Waals surface area (Å²) >= 11 is 0. The number of para-hydroxylation sites is 3. The van der Waals surface area contributed by atoms with Gasteiger partial charge in [0.25, 0.3) is 0 Å². The molecule has 5 aromatic carbocycles. The molecule has 0 radical (unpaired) electrons. The fourth-order valence-electron chi connectivity index (χ4n) is 4.31. The summed E-state index contributed by atoms with van der Waals surface area (Å²) in [6, 6.07) is 47.3. The molecule has 0 saturated heterocycles. The lowest BCUT2D eigenvalue weighted by Gasteiger charge is -2.25. The highest BCUT2D eigenvalue weighted by Gasteiger charge is 2.13. The van der Waals surface area contributed by atoms with Gasteiger partial charge in [0.2, 0.25) is 0 Å². The van der Waals surface area contributed by atoms with Crippen LogP contribution in [-0.4, -0.2) is 19.1 Å². The van der Waals surface area contributed by atoms with Gasteiger partial charge in [-0.2, -0.15) is 0 Å². The van der Waals surface area contributed by atoms with Crippen molar-refractivity contribution in [1.82, 2.24) is 0 Å². The van der Waals surface area contributed by atoms with Gasteiger partial charge < -0.3 is 10.2 Å². The van der Waals surface area contributed by atoms with Gasteiger partial charge in [0, 0.05) is 33.9 Å². The summed E-state index contributed by atoms with van der Waals surface area (Å²) in [7, 11) is 0. The van der Waals surface area contributed by atoms with E-state index in [2.05, 4.69) is 107 Å². The Hall–Kier alpha value is -4.96. The van der Waals surface area contributed by atoms with E-state index in [9.17, 15) is 0 Å². The van der Waals surface area contributed by atoms with Crippen molar-refractivity contribution in [3.63, 3.8) is 0 Å². The van der Waals surface area contributed by atoms with E-state index in [0.717, 1.165) is 45.3 Å². The standard InChI is InChI=1S/C33H28N4/c1-34-32-23-12-11-22-31(32)33(26-14-5-2-6-15-26)36-25-35-27-16-13-21-30(24-27)37(28-17-7-3-8-18-28)29-19-9-4-10-20-29/h2-24,35H,1,25H2/b36-33-. The maximum atomic E-state index is 4.96. The molecule has 5 aromatic rings. The average Bonchev–Trinajstić information content (AvgIpc) is 2.97. The van der Waals surface area contributed by atoms with Crippen molar-refractivity contribution in [2.24, 2.45) is 9.98 Å². The lowest BCUT2D eigenvalue weighted by molar-refractivity contribution is 1.13. The molecule has 4 nitrogen and oxygen atoms in total. The molecule has 0 bridgehead atoms. The van der Waals surface area contributed by atoms with Crippen molar-refractivity contribution >= 4 is 40.9 Å². The fourth-order valence-corrected chi connectivity index (χ4v) is 4.31. The van der Waals surface area contributed by atoms with Crippen molar-refractivity contribution < 1.29 is 0 Å². The molecule has 5 rings (SSSR count). The molecule has 0 saturated carbocycles. The van der Waals surface area contributed by atoms with Crippen LogP contribution in [0.1, 0.15) is 11.1 Å². The quantitative estimate of drug-likeness (QED) is 0.215. The van der Waals surface area contributed by atoms with Crippen LogP contribution in [-0.2, 0) is 0 Å². The summed E-state index contributed by atoms with van der Waals surface area (Å²) in [6.45, 7) is 4.16. The second-order valence-corrected chi connectivity index (χ2v) is 8.44. The smallest absolute Gasteiger partial charge is 0.108 e. The van der Waals surface area contributed by atoms with E-state index in [4.69, 9.17) is 4.99 Å². The Morgan fingerprint density at radius 2 is 1.19 bits per heavy atom. The van der Waals surface area contributed by atoms with E-state index in [1.54, 1.807) is 0 Å². The zero-order chi connectivity index (χ0) is 25.3. The normalized spacial score (nSPS) is 11.1. The first-order valence-corrected chi connectivity index (χ1v) is 12.2. The summed E-state index contributed by atoms with van der Waals surface area (Å²) in [5, 5.41) is 3.49. The third-order valence-corrected chi connectivity index (χ3v) is 6.03. The van der Waals surface area contributed by atoms with Crippen LogP contribution in [0.2, 0.25) is 0 Å². The second-order valence-electron chi connectivity index (χ2n) is 8.44. The SMILES string of the molecule is C=Nc1ccccc1/C(=N\CNc1cccc(N(c2ccccc2)c2ccccc2)c1)c1ccccc1. The highest BCUT2D eigenvalue weighted by molar-refractivity contribution is 6.15. The van der Waals surface area contributed by atoms with Gasteiger partial charge in [0.15, 0.2) is 0 Å². The number of aliphatic imine (C=N–C) groups is 2. The zero-order valence-corrected chi connectivity index (χ0v) is 20.5. The molecule has 0 fully saturated rings. The van der Waals surface area contributed by atoms with E-state index in [1.807, 2.05) is 54.6 Å².